The summed E-state index contributed by atoms with van der Waals surface area (Å²) in [5.41, 5.74) is -0.275. The second kappa shape index (κ2) is 5.24. The van der Waals surface area contributed by atoms with Crippen LogP contribution in [0.15, 0.2) is 18.2 Å². The third-order valence-corrected chi connectivity index (χ3v) is 1.95. The minimum atomic E-state index is -1.35. The number of rotatable bonds is 4. The van der Waals surface area contributed by atoms with E-state index in [4.69, 9.17) is 11.5 Å². The zero-order valence-corrected chi connectivity index (χ0v) is 8.21. The number of hydrogen-bond acceptors (Lipinski definition) is 2. The highest BCUT2D eigenvalue weighted by molar-refractivity contribution is 5.75. The van der Waals surface area contributed by atoms with Crippen LogP contribution in [0.2, 0.25) is 0 Å². The zero-order valence-electron chi connectivity index (χ0n) is 8.21. The predicted octanol–water partition coefficient (Wildman–Crippen LogP) is 1.31. The quantitative estimate of drug-likeness (QED) is 0.759. The second-order valence-corrected chi connectivity index (χ2v) is 3.00. The molecule has 0 aliphatic carbocycles. The molecule has 0 aromatic heterocycles. The first-order valence-corrected chi connectivity index (χ1v) is 4.41. The van der Waals surface area contributed by atoms with Gasteiger partial charge in [0.25, 0.3) is 0 Å². The number of benzene rings is 1. The fraction of sp³-hybridized carbons (Fsp3) is 0.182. The van der Waals surface area contributed by atoms with Gasteiger partial charge in [-0.05, 0) is 6.07 Å². The Morgan fingerprint density at radius 3 is 2.81 bits per heavy atom. The monoisotopic (exact) mass is 225 g/mol. The van der Waals surface area contributed by atoms with Crippen LogP contribution in [0.1, 0.15) is 11.6 Å². The molecule has 0 spiro atoms. The normalized spacial score (nSPS) is 11.8. The topological polar surface area (TPSA) is 49.3 Å². The van der Waals surface area contributed by atoms with Crippen molar-refractivity contribution in [2.24, 2.45) is 0 Å². The van der Waals surface area contributed by atoms with E-state index in [1.807, 2.05) is 0 Å². The molecule has 0 heterocycles. The van der Waals surface area contributed by atoms with E-state index in [0.29, 0.717) is 0 Å². The fourth-order valence-corrected chi connectivity index (χ4v) is 1.23. The Bertz CT molecular complexity index is 440. The molecule has 0 bridgehead atoms. The summed E-state index contributed by atoms with van der Waals surface area (Å²) >= 11 is 0. The van der Waals surface area contributed by atoms with E-state index in [0.717, 1.165) is 6.07 Å². The van der Waals surface area contributed by atoms with Gasteiger partial charge in [0, 0.05) is 5.56 Å². The van der Waals surface area contributed by atoms with Crippen LogP contribution in [-0.2, 0) is 4.79 Å². The summed E-state index contributed by atoms with van der Waals surface area (Å²) in [5, 5.41) is 11.3. The molecule has 1 unspecified atom stereocenters. The first kappa shape index (κ1) is 12.1. The predicted molar refractivity (Wildman–Crippen MR) is 53.6 cm³/mol. The lowest BCUT2D eigenvalue weighted by Gasteiger charge is -2.13. The van der Waals surface area contributed by atoms with Gasteiger partial charge in [0.05, 0.1) is 6.54 Å². The molecule has 0 radical (unpaired) electrons. The van der Waals surface area contributed by atoms with Crippen molar-refractivity contribution >= 4 is 5.97 Å². The van der Waals surface area contributed by atoms with Crippen molar-refractivity contribution in [1.29, 1.82) is 0 Å². The van der Waals surface area contributed by atoms with Crippen LogP contribution in [0.25, 0.3) is 0 Å². The molecule has 16 heavy (non-hydrogen) atoms. The van der Waals surface area contributed by atoms with Crippen LogP contribution in [0.4, 0.5) is 8.78 Å². The number of aliphatic carboxylic acids is 1. The number of carboxylic acids is 1. The lowest BCUT2D eigenvalue weighted by molar-refractivity contribution is -0.139. The van der Waals surface area contributed by atoms with Gasteiger partial charge < -0.3 is 5.11 Å². The van der Waals surface area contributed by atoms with Gasteiger partial charge >= 0.3 is 5.97 Å². The van der Waals surface area contributed by atoms with Crippen LogP contribution >= 0.6 is 0 Å². The van der Waals surface area contributed by atoms with Crippen LogP contribution in [0.5, 0.6) is 0 Å². The first-order chi connectivity index (χ1) is 7.57. The summed E-state index contributed by atoms with van der Waals surface area (Å²) in [6, 6.07) is 1.99. The van der Waals surface area contributed by atoms with Gasteiger partial charge in [-0.2, -0.15) is 0 Å². The lowest BCUT2D eigenvalue weighted by atomic mass is 10.1. The van der Waals surface area contributed by atoms with Gasteiger partial charge in [-0.25, -0.2) is 8.78 Å². The maximum absolute atomic E-state index is 13.3. The van der Waals surface area contributed by atoms with Gasteiger partial charge in [0.2, 0.25) is 0 Å². The third kappa shape index (κ3) is 2.55. The summed E-state index contributed by atoms with van der Waals surface area (Å²) in [6.45, 7) is -0.0487. The molecule has 0 saturated carbocycles. The van der Waals surface area contributed by atoms with E-state index in [9.17, 15) is 13.6 Å². The summed E-state index contributed by atoms with van der Waals surface area (Å²) in [4.78, 5) is 10.8. The number of terminal acetylenes is 1. The Labute approximate surface area is 91.1 Å². The summed E-state index contributed by atoms with van der Waals surface area (Å²) in [5.74, 6) is -1.43. The van der Waals surface area contributed by atoms with E-state index in [2.05, 4.69) is 11.2 Å². The van der Waals surface area contributed by atoms with Gasteiger partial charge in [0.15, 0.2) is 11.6 Å². The highest BCUT2D eigenvalue weighted by Gasteiger charge is 2.23. The van der Waals surface area contributed by atoms with Gasteiger partial charge in [-0.15, -0.1) is 6.42 Å². The molecule has 0 amide bonds. The molecule has 1 rings (SSSR count). The van der Waals surface area contributed by atoms with E-state index in [-0.39, 0.29) is 12.1 Å². The smallest absolute Gasteiger partial charge is 0.325 e. The Kier molecular flexibility index (Phi) is 3.97. The Morgan fingerprint density at radius 2 is 2.25 bits per heavy atom. The number of halogens is 2. The van der Waals surface area contributed by atoms with Crippen LogP contribution in [0.3, 0.4) is 0 Å². The van der Waals surface area contributed by atoms with E-state index < -0.39 is 23.6 Å². The Balaban J connectivity index is 3.07. The van der Waals surface area contributed by atoms with Gasteiger partial charge in [-0.1, -0.05) is 18.1 Å². The molecule has 1 atom stereocenters. The highest BCUT2D eigenvalue weighted by atomic mass is 19.2. The number of carboxylic acid groups (broad SMARTS) is 1. The van der Waals surface area contributed by atoms with Crippen molar-refractivity contribution in [2.75, 3.05) is 6.54 Å². The fourth-order valence-electron chi connectivity index (χ4n) is 1.23. The Morgan fingerprint density at radius 1 is 1.56 bits per heavy atom. The maximum Gasteiger partial charge on any atom is 0.325 e. The molecular weight excluding hydrogens is 216 g/mol. The summed E-state index contributed by atoms with van der Waals surface area (Å²) < 4.78 is 26.2. The van der Waals surface area contributed by atoms with E-state index in [1.165, 1.54) is 12.1 Å². The van der Waals surface area contributed by atoms with Crippen molar-refractivity contribution in [3.05, 3.63) is 35.4 Å². The van der Waals surface area contributed by atoms with E-state index in [1.54, 1.807) is 0 Å². The van der Waals surface area contributed by atoms with Gasteiger partial charge in [-0.3, -0.25) is 10.1 Å². The van der Waals surface area contributed by atoms with Crippen molar-refractivity contribution in [3.63, 3.8) is 0 Å². The molecule has 0 aliphatic heterocycles. The molecule has 3 nitrogen and oxygen atoms in total. The van der Waals surface area contributed by atoms with Gasteiger partial charge in [0.1, 0.15) is 6.04 Å². The first-order valence-electron chi connectivity index (χ1n) is 4.41. The number of carbonyl (C=O) groups is 1. The Hall–Kier alpha value is -1.93. The van der Waals surface area contributed by atoms with Crippen LogP contribution < -0.4 is 5.32 Å². The van der Waals surface area contributed by atoms with Crippen molar-refractivity contribution in [3.8, 4) is 12.3 Å². The third-order valence-electron chi connectivity index (χ3n) is 1.95. The number of nitrogens with one attached hydrogen (secondary N) is 1. The van der Waals surface area contributed by atoms with Crippen molar-refractivity contribution in [2.45, 2.75) is 6.04 Å². The SMILES string of the molecule is C#CCNC(C(=O)O)c1cccc(F)c1F. The van der Waals surface area contributed by atoms with Crippen molar-refractivity contribution in [1.82, 2.24) is 5.32 Å². The summed E-state index contributed by atoms with van der Waals surface area (Å²) in [6.07, 6.45) is 4.95. The average Bonchev–Trinajstić information content (AvgIpc) is 2.24. The van der Waals surface area contributed by atoms with E-state index >= 15 is 0 Å². The largest absolute Gasteiger partial charge is 0.480 e. The minimum absolute atomic E-state index is 0.0487. The molecule has 84 valence electrons. The zero-order chi connectivity index (χ0) is 12.1. The molecule has 5 heteroatoms. The van der Waals surface area contributed by atoms with Crippen molar-refractivity contribution < 1.29 is 18.7 Å². The van der Waals surface area contributed by atoms with Crippen LogP contribution in [-0.4, -0.2) is 17.6 Å². The molecule has 1 aromatic carbocycles. The number of hydrogen-bond donors (Lipinski definition) is 2. The maximum atomic E-state index is 13.3. The lowest BCUT2D eigenvalue weighted by Crippen LogP contribution is -2.29. The molecular formula is C11H9F2NO2. The molecule has 0 aliphatic rings. The summed E-state index contributed by atoms with van der Waals surface area (Å²) in [7, 11) is 0. The highest BCUT2D eigenvalue weighted by Crippen LogP contribution is 2.19. The standard InChI is InChI=1S/C11H9F2NO2/c1-2-6-14-10(11(15)16)7-4-3-5-8(12)9(7)13/h1,3-5,10,14H,6H2,(H,15,16). The molecule has 0 fully saturated rings. The molecule has 2 N–H and O–H groups in total. The minimum Gasteiger partial charge on any atom is -0.480 e. The average molecular weight is 225 g/mol. The molecule has 1 aromatic rings. The van der Waals surface area contributed by atoms with Crippen LogP contribution in [0, 0.1) is 24.0 Å². The second-order valence-electron chi connectivity index (χ2n) is 3.00. The molecule has 0 saturated heterocycles.